The summed E-state index contributed by atoms with van der Waals surface area (Å²) in [6.45, 7) is 1.44. The first-order valence-corrected chi connectivity index (χ1v) is 9.76. The molecule has 164 valence electrons. The number of rotatable bonds is 5. The standard InChI is InChI=1S/C23H22F3N3O.ClH/c1-27-20-13-17(16-5-3-2-4-6-16)7-9-21(20)29-12-11-19(15-29)30-22-10-8-18(14-28-22)23(24,25)26;/h2-10,13-14,19,27H,11-12,15H2,1H3;1H. The predicted octanol–water partition coefficient (Wildman–Crippen LogP) is 5.89. The highest BCUT2D eigenvalue weighted by Gasteiger charge is 2.31. The molecule has 1 saturated heterocycles. The average Bonchev–Trinajstić information content (AvgIpc) is 3.22. The molecule has 1 N–H and O–H groups in total. The molecule has 1 aliphatic rings. The van der Waals surface area contributed by atoms with Gasteiger partial charge in [0.15, 0.2) is 0 Å². The minimum Gasteiger partial charge on any atom is -0.472 e. The van der Waals surface area contributed by atoms with Crippen molar-refractivity contribution in [2.45, 2.75) is 18.7 Å². The van der Waals surface area contributed by atoms with Crippen molar-refractivity contribution >= 4 is 23.8 Å². The Morgan fingerprint density at radius 1 is 1.03 bits per heavy atom. The Labute approximate surface area is 185 Å². The third kappa shape index (κ3) is 5.22. The molecule has 2 heterocycles. The van der Waals surface area contributed by atoms with Crippen LogP contribution >= 0.6 is 12.4 Å². The fourth-order valence-corrected chi connectivity index (χ4v) is 3.65. The van der Waals surface area contributed by atoms with Gasteiger partial charge in [0.05, 0.1) is 23.5 Å². The van der Waals surface area contributed by atoms with Crippen molar-refractivity contribution in [1.82, 2.24) is 4.98 Å². The van der Waals surface area contributed by atoms with E-state index in [4.69, 9.17) is 4.74 Å². The van der Waals surface area contributed by atoms with Crippen molar-refractivity contribution in [3.8, 4) is 17.0 Å². The Hall–Kier alpha value is -2.93. The lowest BCUT2D eigenvalue weighted by Gasteiger charge is -2.23. The summed E-state index contributed by atoms with van der Waals surface area (Å²) in [5, 5.41) is 3.27. The number of nitrogens with zero attached hydrogens (tertiary/aromatic N) is 2. The zero-order valence-corrected chi connectivity index (χ0v) is 17.7. The molecule has 0 aliphatic carbocycles. The Bertz CT molecular complexity index is 997. The molecule has 4 rings (SSSR count). The molecule has 1 fully saturated rings. The second-order valence-corrected chi connectivity index (χ2v) is 7.21. The first-order chi connectivity index (χ1) is 14.4. The highest BCUT2D eigenvalue weighted by molar-refractivity contribution is 5.85. The van der Waals surface area contributed by atoms with E-state index in [1.807, 2.05) is 25.2 Å². The number of anilines is 2. The van der Waals surface area contributed by atoms with Crippen molar-refractivity contribution in [3.05, 3.63) is 72.4 Å². The van der Waals surface area contributed by atoms with Gasteiger partial charge in [-0.25, -0.2) is 4.98 Å². The number of alkyl halides is 3. The quantitative estimate of drug-likeness (QED) is 0.527. The molecule has 0 bridgehead atoms. The number of nitrogens with one attached hydrogen (secondary N) is 1. The number of pyridine rings is 1. The lowest BCUT2D eigenvalue weighted by molar-refractivity contribution is -0.137. The molecule has 4 nitrogen and oxygen atoms in total. The number of hydrogen-bond donors (Lipinski definition) is 1. The molecule has 1 aliphatic heterocycles. The minimum absolute atomic E-state index is 0. The summed E-state index contributed by atoms with van der Waals surface area (Å²) in [7, 11) is 1.89. The Morgan fingerprint density at radius 3 is 2.45 bits per heavy atom. The van der Waals surface area contributed by atoms with E-state index in [9.17, 15) is 13.2 Å². The lowest BCUT2D eigenvalue weighted by Crippen LogP contribution is -2.25. The summed E-state index contributed by atoms with van der Waals surface area (Å²) >= 11 is 0. The summed E-state index contributed by atoms with van der Waals surface area (Å²) < 4.78 is 43.9. The number of ether oxygens (including phenoxy) is 1. The van der Waals surface area contributed by atoms with E-state index in [-0.39, 0.29) is 24.4 Å². The van der Waals surface area contributed by atoms with Crippen LogP contribution in [0.5, 0.6) is 5.88 Å². The molecule has 2 aromatic carbocycles. The van der Waals surface area contributed by atoms with Gasteiger partial charge in [-0.2, -0.15) is 13.2 Å². The second-order valence-electron chi connectivity index (χ2n) is 7.21. The van der Waals surface area contributed by atoms with Gasteiger partial charge in [0, 0.05) is 32.3 Å². The maximum atomic E-state index is 12.7. The summed E-state index contributed by atoms with van der Waals surface area (Å²) in [5.41, 5.74) is 3.59. The molecule has 0 saturated carbocycles. The largest absolute Gasteiger partial charge is 0.472 e. The normalized spacial score (nSPS) is 16.0. The fraction of sp³-hybridized carbons (Fsp3) is 0.261. The SMILES string of the molecule is CNc1cc(-c2ccccc2)ccc1N1CCC(Oc2ccc(C(F)(F)F)cn2)C1.Cl. The zero-order valence-electron chi connectivity index (χ0n) is 16.9. The first-order valence-electron chi connectivity index (χ1n) is 9.76. The van der Waals surface area contributed by atoms with Crippen LogP contribution in [0.25, 0.3) is 11.1 Å². The predicted molar refractivity (Wildman–Crippen MR) is 119 cm³/mol. The molecule has 1 aromatic heterocycles. The molecular formula is C23H23ClF3N3O. The van der Waals surface area contributed by atoms with E-state index in [0.717, 1.165) is 47.7 Å². The van der Waals surface area contributed by atoms with Crippen LogP contribution in [0.3, 0.4) is 0 Å². The fourth-order valence-electron chi connectivity index (χ4n) is 3.65. The van der Waals surface area contributed by atoms with Gasteiger partial charge in [-0.05, 0) is 29.3 Å². The van der Waals surface area contributed by atoms with E-state index in [1.165, 1.54) is 6.07 Å². The topological polar surface area (TPSA) is 37.4 Å². The van der Waals surface area contributed by atoms with E-state index in [0.29, 0.717) is 6.54 Å². The van der Waals surface area contributed by atoms with Gasteiger partial charge < -0.3 is 15.0 Å². The summed E-state index contributed by atoms with van der Waals surface area (Å²) in [6, 6.07) is 18.7. The number of halogens is 4. The van der Waals surface area contributed by atoms with Gasteiger partial charge >= 0.3 is 6.18 Å². The molecule has 0 amide bonds. The van der Waals surface area contributed by atoms with Crippen molar-refractivity contribution in [1.29, 1.82) is 0 Å². The van der Waals surface area contributed by atoms with Crippen LogP contribution in [0.2, 0.25) is 0 Å². The van der Waals surface area contributed by atoms with Gasteiger partial charge in [0.2, 0.25) is 5.88 Å². The molecule has 1 unspecified atom stereocenters. The number of aromatic nitrogens is 1. The maximum Gasteiger partial charge on any atom is 0.417 e. The maximum absolute atomic E-state index is 12.7. The van der Waals surface area contributed by atoms with Crippen LogP contribution in [0.1, 0.15) is 12.0 Å². The van der Waals surface area contributed by atoms with Crippen molar-refractivity contribution in [3.63, 3.8) is 0 Å². The van der Waals surface area contributed by atoms with Crippen LogP contribution in [0, 0.1) is 0 Å². The van der Waals surface area contributed by atoms with Gasteiger partial charge in [-0.1, -0.05) is 36.4 Å². The van der Waals surface area contributed by atoms with Gasteiger partial charge in [0.25, 0.3) is 0 Å². The van der Waals surface area contributed by atoms with Crippen molar-refractivity contribution < 1.29 is 17.9 Å². The molecule has 0 radical (unpaired) electrons. The van der Waals surface area contributed by atoms with Gasteiger partial charge in [0.1, 0.15) is 6.10 Å². The molecule has 8 heteroatoms. The van der Waals surface area contributed by atoms with Crippen molar-refractivity contribution in [2.75, 3.05) is 30.4 Å². The summed E-state index contributed by atoms with van der Waals surface area (Å²) in [4.78, 5) is 6.03. The first kappa shape index (κ1) is 22.7. The van der Waals surface area contributed by atoms with Crippen molar-refractivity contribution in [2.24, 2.45) is 0 Å². The lowest BCUT2D eigenvalue weighted by atomic mass is 10.0. The van der Waals surface area contributed by atoms with Crippen LogP contribution in [0.4, 0.5) is 24.5 Å². The monoisotopic (exact) mass is 449 g/mol. The highest BCUT2D eigenvalue weighted by Crippen LogP contribution is 2.34. The Kier molecular flexibility index (Phi) is 6.95. The van der Waals surface area contributed by atoms with Crippen LogP contribution in [0.15, 0.2) is 66.9 Å². The third-order valence-electron chi connectivity index (χ3n) is 5.21. The summed E-state index contributed by atoms with van der Waals surface area (Å²) in [6.07, 6.45) is -2.95. The van der Waals surface area contributed by atoms with E-state index < -0.39 is 11.7 Å². The van der Waals surface area contributed by atoms with Crippen LogP contribution in [-0.2, 0) is 6.18 Å². The Morgan fingerprint density at radius 2 is 1.81 bits per heavy atom. The van der Waals surface area contributed by atoms with Gasteiger partial charge in [-0.3, -0.25) is 0 Å². The smallest absolute Gasteiger partial charge is 0.417 e. The third-order valence-corrected chi connectivity index (χ3v) is 5.21. The van der Waals surface area contributed by atoms with Crippen LogP contribution in [-0.4, -0.2) is 31.2 Å². The molecule has 3 aromatic rings. The van der Waals surface area contributed by atoms with E-state index in [2.05, 4.69) is 45.5 Å². The van der Waals surface area contributed by atoms with E-state index in [1.54, 1.807) is 0 Å². The molecule has 0 spiro atoms. The average molecular weight is 450 g/mol. The molecule has 1 atom stereocenters. The zero-order chi connectivity index (χ0) is 21.1. The minimum atomic E-state index is -4.40. The number of benzene rings is 2. The highest BCUT2D eigenvalue weighted by atomic mass is 35.5. The molecule has 31 heavy (non-hydrogen) atoms. The van der Waals surface area contributed by atoms with Crippen LogP contribution < -0.4 is 15.0 Å². The van der Waals surface area contributed by atoms with Gasteiger partial charge in [-0.15, -0.1) is 12.4 Å². The Balaban J connectivity index is 0.00000272. The van der Waals surface area contributed by atoms with E-state index >= 15 is 0 Å². The second kappa shape index (κ2) is 9.47. The molecular weight excluding hydrogens is 427 g/mol. The number of hydrogen-bond acceptors (Lipinski definition) is 4. The summed E-state index contributed by atoms with van der Waals surface area (Å²) in [5.74, 6) is 0.211.